The second-order valence-electron chi connectivity index (χ2n) is 9.29. The van der Waals surface area contributed by atoms with Crippen LogP contribution in [0.4, 0.5) is 14.5 Å². The number of nitrogens with one attached hydrogen (secondary N) is 1. The molecule has 2 rings (SSSR count). The molecule has 2 aromatic rings. The molecular weight excluding hydrogens is 500 g/mol. The summed E-state index contributed by atoms with van der Waals surface area (Å²) in [6.45, 7) is 7.78. The van der Waals surface area contributed by atoms with Gasteiger partial charge in [-0.05, 0) is 50.8 Å². The van der Waals surface area contributed by atoms with Gasteiger partial charge in [0.2, 0.25) is 21.8 Å². The van der Waals surface area contributed by atoms with E-state index in [4.69, 9.17) is 0 Å². The lowest BCUT2D eigenvalue weighted by atomic mass is 10.1. The van der Waals surface area contributed by atoms with E-state index in [9.17, 15) is 26.8 Å². The van der Waals surface area contributed by atoms with Crippen molar-refractivity contribution >= 4 is 27.5 Å². The fourth-order valence-corrected chi connectivity index (χ4v) is 4.85. The fraction of sp³-hybridized carbons (Fsp3) is 0.481. The molecule has 2 aromatic carbocycles. The lowest BCUT2D eigenvalue weighted by Crippen LogP contribution is -2.50. The molecule has 0 fully saturated rings. The van der Waals surface area contributed by atoms with Crippen LogP contribution >= 0.6 is 0 Å². The first-order valence-electron chi connectivity index (χ1n) is 12.5. The highest BCUT2D eigenvalue weighted by molar-refractivity contribution is 7.92. The predicted molar refractivity (Wildman–Crippen MR) is 141 cm³/mol. The molecule has 0 saturated carbocycles. The molecule has 37 heavy (non-hydrogen) atoms. The lowest BCUT2D eigenvalue weighted by Gasteiger charge is -2.32. The van der Waals surface area contributed by atoms with Crippen molar-refractivity contribution in [2.75, 3.05) is 17.1 Å². The van der Waals surface area contributed by atoms with Gasteiger partial charge in [0.1, 0.15) is 6.04 Å². The average molecular weight is 538 g/mol. The summed E-state index contributed by atoms with van der Waals surface area (Å²) in [7, 11) is -3.81. The molecule has 2 amide bonds. The van der Waals surface area contributed by atoms with Gasteiger partial charge >= 0.3 is 0 Å². The van der Waals surface area contributed by atoms with Crippen LogP contribution < -0.4 is 9.62 Å². The quantitative estimate of drug-likeness (QED) is 0.406. The molecule has 204 valence electrons. The van der Waals surface area contributed by atoms with E-state index < -0.39 is 27.7 Å². The van der Waals surface area contributed by atoms with Crippen molar-refractivity contribution in [3.8, 4) is 0 Å². The number of anilines is 1. The highest BCUT2D eigenvalue weighted by Gasteiger charge is 2.29. The molecule has 1 N–H and O–H groups in total. The minimum absolute atomic E-state index is 0.0234. The SMILES string of the molecule is CC[C@@H](C)NC(=O)[C@@H](CC)N(Cc1ccc(C)cc1)C(=O)CCCN(c1ccc(F)c(F)c1)S(C)(=O)=O. The standard InChI is InChI=1S/C27H37F2N3O4S/c1-6-20(4)30-27(34)25(7-2)31(18-21-12-10-19(3)11-13-21)26(33)9-8-16-32(37(5,35)36)22-14-15-23(28)24(29)17-22/h10-15,17,20,25H,6-9,16,18H2,1-5H3,(H,30,34)/t20-,25-/m1/s1. The molecule has 0 unspecified atom stereocenters. The maximum atomic E-state index is 13.7. The van der Waals surface area contributed by atoms with E-state index in [1.165, 1.54) is 11.0 Å². The molecule has 0 aliphatic rings. The molecule has 2 atom stereocenters. The summed E-state index contributed by atoms with van der Waals surface area (Å²) >= 11 is 0. The summed E-state index contributed by atoms with van der Waals surface area (Å²) in [5.74, 6) is -2.78. The van der Waals surface area contributed by atoms with Crippen molar-refractivity contribution in [2.45, 2.75) is 72.0 Å². The molecule has 0 heterocycles. The average Bonchev–Trinajstić information content (AvgIpc) is 2.83. The normalized spacial score (nSPS) is 13.1. The Kier molecular flexibility index (Phi) is 11.0. The van der Waals surface area contributed by atoms with Crippen LogP contribution in [0.25, 0.3) is 0 Å². The van der Waals surface area contributed by atoms with E-state index in [1.54, 1.807) is 0 Å². The molecule has 0 bridgehead atoms. The molecule has 10 heteroatoms. The van der Waals surface area contributed by atoms with Crippen molar-refractivity contribution in [1.82, 2.24) is 10.2 Å². The zero-order valence-corrected chi connectivity index (χ0v) is 22.9. The van der Waals surface area contributed by atoms with Gasteiger partial charge in [-0.1, -0.05) is 43.7 Å². The summed E-state index contributed by atoms with van der Waals surface area (Å²) in [6.07, 6.45) is 2.21. The summed E-state index contributed by atoms with van der Waals surface area (Å²) in [4.78, 5) is 28.0. The number of hydrogen-bond acceptors (Lipinski definition) is 4. The highest BCUT2D eigenvalue weighted by atomic mass is 32.2. The third-order valence-corrected chi connectivity index (χ3v) is 7.40. The van der Waals surface area contributed by atoms with Gasteiger partial charge in [-0.2, -0.15) is 0 Å². The predicted octanol–water partition coefficient (Wildman–Crippen LogP) is 4.54. The third-order valence-electron chi connectivity index (χ3n) is 6.20. The Morgan fingerprint density at radius 2 is 1.65 bits per heavy atom. The number of benzene rings is 2. The molecule has 7 nitrogen and oxygen atoms in total. The first kappa shape index (κ1) is 30.2. The monoisotopic (exact) mass is 537 g/mol. The fourth-order valence-electron chi connectivity index (χ4n) is 3.89. The van der Waals surface area contributed by atoms with Crippen LogP contribution in [0.15, 0.2) is 42.5 Å². The Morgan fingerprint density at radius 3 is 2.19 bits per heavy atom. The van der Waals surface area contributed by atoms with E-state index in [2.05, 4.69) is 5.32 Å². The largest absolute Gasteiger partial charge is 0.352 e. The topological polar surface area (TPSA) is 86.8 Å². The lowest BCUT2D eigenvalue weighted by molar-refractivity contribution is -0.141. The van der Waals surface area contributed by atoms with E-state index in [1.807, 2.05) is 52.0 Å². The van der Waals surface area contributed by atoms with Gasteiger partial charge < -0.3 is 10.2 Å². The van der Waals surface area contributed by atoms with Crippen LogP contribution in [0.1, 0.15) is 57.6 Å². The van der Waals surface area contributed by atoms with Crippen LogP contribution in [-0.4, -0.2) is 50.0 Å². The summed E-state index contributed by atoms with van der Waals surface area (Å²) in [5.41, 5.74) is 1.92. The second kappa shape index (κ2) is 13.5. The number of sulfonamides is 1. The van der Waals surface area contributed by atoms with Crippen LogP contribution in [0.5, 0.6) is 0 Å². The maximum absolute atomic E-state index is 13.7. The molecule has 0 aliphatic carbocycles. The molecular formula is C27H37F2N3O4S. The molecule has 0 radical (unpaired) electrons. The number of rotatable bonds is 13. The van der Waals surface area contributed by atoms with Crippen molar-refractivity contribution in [2.24, 2.45) is 0 Å². The highest BCUT2D eigenvalue weighted by Crippen LogP contribution is 2.22. The smallest absolute Gasteiger partial charge is 0.243 e. The van der Waals surface area contributed by atoms with E-state index in [-0.39, 0.29) is 49.5 Å². The number of carbonyl (C=O) groups is 2. The first-order valence-corrected chi connectivity index (χ1v) is 14.3. The van der Waals surface area contributed by atoms with Gasteiger partial charge in [-0.15, -0.1) is 0 Å². The number of nitrogens with zero attached hydrogens (tertiary/aromatic N) is 2. The zero-order chi connectivity index (χ0) is 27.8. The number of hydrogen-bond donors (Lipinski definition) is 1. The van der Waals surface area contributed by atoms with E-state index in [0.717, 1.165) is 40.2 Å². The van der Waals surface area contributed by atoms with Crippen molar-refractivity contribution in [3.05, 3.63) is 65.2 Å². The van der Waals surface area contributed by atoms with Gasteiger partial charge in [0.25, 0.3) is 0 Å². The Hall–Kier alpha value is -3.01. The molecule has 0 aromatic heterocycles. The second-order valence-corrected chi connectivity index (χ2v) is 11.2. The van der Waals surface area contributed by atoms with Crippen molar-refractivity contribution in [1.29, 1.82) is 0 Å². The number of amides is 2. The summed E-state index contributed by atoms with van der Waals surface area (Å²) in [5, 5.41) is 2.95. The van der Waals surface area contributed by atoms with Crippen molar-refractivity contribution < 1.29 is 26.8 Å². The third kappa shape index (κ3) is 8.80. The number of aryl methyl sites for hydroxylation is 1. The van der Waals surface area contributed by atoms with Crippen LogP contribution in [0, 0.1) is 18.6 Å². The van der Waals surface area contributed by atoms with Gasteiger partial charge in [0.15, 0.2) is 11.6 Å². The number of halogens is 2. The Balaban J connectivity index is 2.23. The molecule has 0 saturated heterocycles. The summed E-state index contributed by atoms with van der Waals surface area (Å²) < 4.78 is 52.7. The minimum Gasteiger partial charge on any atom is -0.352 e. The first-order chi connectivity index (χ1) is 17.4. The van der Waals surface area contributed by atoms with Crippen LogP contribution in [0.3, 0.4) is 0 Å². The zero-order valence-electron chi connectivity index (χ0n) is 22.1. The van der Waals surface area contributed by atoms with Gasteiger partial charge in [0, 0.05) is 31.6 Å². The van der Waals surface area contributed by atoms with Crippen LogP contribution in [-0.2, 0) is 26.2 Å². The number of carbonyl (C=O) groups excluding carboxylic acids is 2. The Morgan fingerprint density at radius 1 is 1.00 bits per heavy atom. The molecule has 0 spiro atoms. The Labute approximate surface area is 218 Å². The van der Waals surface area contributed by atoms with Gasteiger partial charge in [0.05, 0.1) is 11.9 Å². The molecule has 0 aliphatic heterocycles. The maximum Gasteiger partial charge on any atom is 0.243 e. The minimum atomic E-state index is -3.81. The van der Waals surface area contributed by atoms with E-state index in [0.29, 0.717) is 6.42 Å². The van der Waals surface area contributed by atoms with Crippen molar-refractivity contribution in [3.63, 3.8) is 0 Å². The van der Waals surface area contributed by atoms with Crippen LogP contribution in [0.2, 0.25) is 0 Å². The Bertz CT molecular complexity index is 1170. The van der Waals surface area contributed by atoms with Gasteiger partial charge in [-0.3, -0.25) is 13.9 Å². The summed E-state index contributed by atoms with van der Waals surface area (Å²) in [6, 6.07) is 9.79. The van der Waals surface area contributed by atoms with E-state index >= 15 is 0 Å². The van der Waals surface area contributed by atoms with Gasteiger partial charge in [-0.25, -0.2) is 17.2 Å².